The molecule has 0 atom stereocenters. The largest absolute Gasteiger partial charge is 0.465 e. The van der Waals surface area contributed by atoms with Crippen molar-refractivity contribution >= 4 is 17.3 Å². The summed E-state index contributed by atoms with van der Waals surface area (Å²) >= 11 is 0.773. The van der Waals surface area contributed by atoms with Crippen LogP contribution < -0.4 is 0 Å². The van der Waals surface area contributed by atoms with Crippen LogP contribution in [0.2, 0.25) is 0 Å². The molecule has 0 bridgehead atoms. The van der Waals surface area contributed by atoms with Crippen LogP contribution in [-0.4, -0.2) is 18.1 Å². The molecule has 0 aliphatic rings. The number of aryl methyl sites for hydroxylation is 1. The molecule has 1 heterocycles. The van der Waals surface area contributed by atoms with E-state index in [1.807, 2.05) is 0 Å². The van der Waals surface area contributed by atoms with Crippen LogP contribution in [-0.2, 0) is 10.9 Å². The van der Waals surface area contributed by atoms with E-state index in [0.717, 1.165) is 23.5 Å². The lowest BCUT2D eigenvalue weighted by atomic mass is 10.1. The fourth-order valence-corrected chi connectivity index (χ4v) is 2.76. The number of benzene rings is 1. The van der Waals surface area contributed by atoms with E-state index in [4.69, 9.17) is 0 Å². The van der Waals surface area contributed by atoms with Crippen LogP contribution in [0.15, 0.2) is 18.2 Å². The maximum Gasteiger partial charge on any atom is 0.417 e. The van der Waals surface area contributed by atoms with Crippen LogP contribution in [0.1, 0.15) is 20.9 Å². The number of esters is 1. The standard InChI is InChI=1S/C13H9F4NO2S/c1-6-10(12(19)20-2)21-11(18-6)8-4-3-7(14)5-9(8)13(15,16)17/h3-5H,1-2H3. The second-order valence-corrected chi connectivity index (χ2v) is 5.11. The van der Waals surface area contributed by atoms with Gasteiger partial charge in [0, 0.05) is 5.56 Å². The van der Waals surface area contributed by atoms with Gasteiger partial charge in [-0.2, -0.15) is 13.2 Å². The van der Waals surface area contributed by atoms with Gasteiger partial charge in [-0.3, -0.25) is 0 Å². The highest BCUT2D eigenvalue weighted by Gasteiger charge is 2.35. The lowest BCUT2D eigenvalue weighted by Crippen LogP contribution is -2.07. The van der Waals surface area contributed by atoms with Gasteiger partial charge in [0.2, 0.25) is 0 Å². The average Bonchev–Trinajstić information content (AvgIpc) is 2.78. The third kappa shape index (κ3) is 3.05. The minimum absolute atomic E-state index is 0.0137. The van der Waals surface area contributed by atoms with E-state index in [1.165, 1.54) is 14.0 Å². The van der Waals surface area contributed by atoms with Crippen LogP contribution in [0.5, 0.6) is 0 Å². The Morgan fingerprint density at radius 2 is 2.00 bits per heavy atom. The first-order valence-corrected chi connectivity index (χ1v) is 6.48. The number of nitrogens with zero attached hydrogens (tertiary/aromatic N) is 1. The van der Waals surface area contributed by atoms with Crippen molar-refractivity contribution in [3.8, 4) is 10.6 Å². The molecule has 0 radical (unpaired) electrons. The van der Waals surface area contributed by atoms with Gasteiger partial charge in [0.15, 0.2) is 0 Å². The number of methoxy groups -OCH3 is 1. The highest BCUT2D eigenvalue weighted by Crippen LogP contribution is 2.39. The summed E-state index contributed by atoms with van der Waals surface area (Å²) in [5, 5.41) is -0.0137. The Balaban J connectivity index is 2.60. The molecule has 112 valence electrons. The lowest BCUT2D eigenvalue weighted by Gasteiger charge is -2.10. The minimum Gasteiger partial charge on any atom is -0.465 e. The second-order valence-electron chi connectivity index (χ2n) is 4.11. The summed E-state index contributed by atoms with van der Waals surface area (Å²) in [6.45, 7) is 1.49. The zero-order chi connectivity index (χ0) is 15.8. The number of halogens is 4. The van der Waals surface area contributed by atoms with Crippen molar-refractivity contribution in [2.75, 3.05) is 7.11 Å². The van der Waals surface area contributed by atoms with Crippen molar-refractivity contribution in [2.45, 2.75) is 13.1 Å². The zero-order valence-corrected chi connectivity index (χ0v) is 11.7. The average molecular weight is 319 g/mol. The number of carbonyl (C=O) groups is 1. The Hall–Kier alpha value is -1.96. The summed E-state index contributed by atoms with van der Waals surface area (Å²) in [6.07, 6.45) is -4.72. The number of alkyl halides is 3. The van der Waals surface area contributed by atoms with Crippen LogP contribution >= 0.6 is 11.3 Å². The van der Waals surface area contributed by atoms with E-state index < -0.39 is 23.5 Å². The summed E-state index contributed by atoms with van der Waals surface area (Å²) in [5.41, 5.74) is -1.14. The Morgan fingerprint density at radius 1 is 1.33 bits per heavy atom. The third-order valence-electron chi connectivity index (χ3n) is 2.68. The van der Waals surface area contributed by atoms with Crippen LogP contribution in [0.25, 0.3) is 10.6 Å². The predicted molar refractivity (Wildman–Crippen MR) is 68.6 cm³/mol. The number of ether oxygens (including phenoxy) is 1. The molecule has 1 aromatic carbocycles. The highest BCUT2D eigenvalue weighted by atomic mass is 32.1. The Labute approximate surface area is 121 Å². The number of aromatic nitrogens is 1. The number of rotatable bonds is 2. The molecule has 0 unspecified atom stereocenters. The van der Waals surface area contributed by atoms with Gasteiger partial charge in [0.25, 0.3) is 0 Å². The van der Waals surface area contributed by atoms with Crippen LogP contribution in [0.4, 0.5) is 17.6 Å². The molecule has 2 rings (SSSR count). The number of carbonyl (C=O) groups excluding carboxylic acids is 1. The monoisotopic (exact) mass is 319 g/mol. The molecule has 21 heavy (non-hydrogen) atoms. The van der Waals surface area contributed by atoms with E-state index in [0.29, 0.717) is 6.07 Å². The summed E-state index contributed by atoms with van der Waals surface area (Å²) in [7, 11) is 1.17. The fraction of sp³-hybridized carbons (Fsp3) is 0.231. The molecule has 3 nitrogen and oxygen atoms in total. The maximum absolute atomic E-state index is 13.1. The molecular weight excluding hydrogens is 310 g/mol. The topological polar surface area (TPSA) is 39.2 Å². The Kier molecular flexibility index (Phi) is 3.99. The van der Waals surface area contributed by atoms with Gasteiger partial charge in [0.1, 0.15) is 15.7 Å². The smallest absolute Gasteiger partial charge is 0.417 e. The molecular formula is C13H9F4NO2S. The Morgan fingerprint density at radius 3 is 2.57 bits per heavy atom. The summed E-state index contributed by atoms with van der Waals surface area (Å²) in [6, 6.07) is 2.32. The van der Waals surface area contributed by atoms with Crippen LogP contribution in [0, 0.1) is 12.7 Å². The molecule has 0 saturated heterocycles. The van der Waals surface area contributed by atoms with E-state index in [9.17, 15) is 22.4 Å². The SMILES string of the molecule is COC(=O)c1sc(-c2ccc(F)cc2C(F)(F)F)nc1C. The van der Waals surface area contributed by atoms with Gasteiger partial charge in [-0.1, -0.05) is 0 Å². The van der Waals surface area contributed by atoms with Crippen molar-refractivity contribution in [2.24, 2.45) is 0 Å². The van der Waals surface area contributed by atoms with E-state index in [1.54, 1.807) is 0 Å². The van der Waals surface area contributed by atoms with Crippen molar-refractivity contribution in [1.29, 1.82) is 0 Å². The van der Waals surface area contributed by atoms with E-state index >= 15 is 0 Å². The fourth-order valence-electron chi connectivity index (χ4n) is 1.73. The first kappa shape index (κ1) is 15.4. The first-order valence-electron chi connectivity index (χ1n) is 5.67. The lowest BCUT2D eigenvalue weighted by molar-refractivity contribution is -0.137. The molecule has 2 aromatic rings. The predicted octanol–water partition coefficient (Wildman–Crippen LogP) is 4.06. The number of hydrogen-bond donors (Lipinski definition) is 0. The maximum atomic E-state index is 13.1. The van der Waals surface area contributed by atoms with E-state index in [-0.39, 0.29) is 21.1 Å². The summed E-state index contributed by atoms with van der Waals surface area (Å²) < 4.78 is 56.5. The quantitative estimate of drug-likeness (QED) is 0.619. The molecule has 0 aliphatic carbocycles. The molecule has 0 aliphatic heterocycles. The molecule has 0 fully saturated rings. The highest BCUT2D eigenvalue weighted by molar-refractivity contribution is 7.17. The molecule has 8 heteroatoms. The number of hydrogen-bond acceptors (Lipinski definition) is 4. The van der Waals surface area contributed by atoms with Gasteiger partial charge in [-0.05, 0) is 25.1 Å². The molecule has 0 N–H and O–H groups in total. The zero-order valence-electron chi connectivity index (χ0n) is 10.9. The first-order chi connectivity index (χ1) is 9.74. The van der Waals surface area contributed by atoms with Gasteiger partial charge in [-0.25, -0.2) is 14.2 Å². The summed E-state index contributed by atoms with van der Waals surface area (Å²) in [5.74, 6) is -1.67. The Bertz CT molecular complexity index is 694. The van der Waals surface area contributed by atoms with Crippen molar-refractivity contribution in [3.63, 3.8) is 0 Å². The van der Waals surface area contributed by atoms with Crippen molar-refractivity contribution < 1.29 is 27.1 Å². The normalized spacial score (nSPS) is 11.5. The van der Waals surface area contributed by atoms with Gasteiger partial charge in [-0.15, -0.1) is 11.3 Å². The molecule has 1 aromatic heterocycles. The van der Waals surface area contributed by atoms with E-state index in [2.05, 4.69) is 9.72 Å². The van der Waals surface area contributed by atoms with Crippen LogP contribution in [0.3, 0.4) is 0 Å². The van der Waals surface area contributed by atoms with Gasteiger partial charge in [0.05, 0.1) is 18.4 Å². The van der Waals surface area contributed by atoms with Crippen molar-refractivity contribution in [1.82, 2.24) is 4.98 Å². The third-order valence-corrected chi connectivity index (χ3v) is 3.86. The molecule has 0 spiro atoms. The number of thiazole rings is 1. The molecule has 0 saturated carbocycles. The molecule has 0 amide bonds. The van der Waals surface area contributed by atoms with Gasteiger partial charge < -0.3 is 4.74 Å². The second kappa shape index (κ2) is 5.44. The van der Waals surface area contributed by atoms with Crippen molar-refractivity contribution in [3.05, 3.63) is 40.2 Å². The van der Waals surface area contributed by atoms with Gasteiger partial charge >= 0.3 is 12.1 Å². The summed E-state index contributed by atoms with van der Waals surface area (Å²) in [4.78, 5) is 15.5. The minimum atomic E-state index is -4.72.